The van der Waals surface area contributed by atoms with Crippen molar-refractivity contribution < 1.29 is 9.59 Å². The summed E-state index contributed by atoms with van der Waals surface area (Å²) in [4.78, 5) is 26.2. The quantitative estimate of drug-likeness (QED) is 0.525. The Balaban J connectivity index is 2.01. The van der Waals surface area contributed by atoms with E-state index in [-0.39, 0.29) is 10.7 Å². The van der Waals surface area contributed by atoms with E-state index >= 15 is 0 Å². The van der Waals surface area contributed by atoms with Crippen molar-refractivity contribution in [3.8, 4) is 0 Å². The number of anilines is 1. The van der Waals surface area contributed by atoms with Gasteiger partial charge in [-0.15, -0.1) is 0 Å². The first kappa shape index (κ1) is 15.1. The number of rotatable bonds is 2. The number of carbonyl (C=O) groups excluding carboxylic acids is 2. The van der Waals surface area contributed by atoms with Crippen molar-refractivity contribution in [1.82, 2.24) is 5.32 Å². The van der Waals surface area contributed by atoms with Crippen molar-refractivity contribution in [2.75, 3.05) is 4.90 Å². The molecule has 0 saturated carbocycles. The van der Waals surface area contributed by atoms with Crippen LogP contribution in [0, 0.1) is 6.92 Å². The Bertz CT molecular complexity index is 811. The highest BCUT2D eigenvalue weighted by molar-refractivity contribution is 7.80. The van der Waals surface area contributed by atoms with Crippen LogP contribution in [0.2, 0.25) is 0 Å². The van der Waals surface area contributed by atoms with Crippen LogP contribution in [0.4, 0.5) is 5.69 Å². The van der Waals surface area contributed by atoms with Crippen molar-refractivity contribution in [3.63, 3.8) is 0 Å². The number of amides is 2. The average Bonchev–Trinajstić information content (AvgIpc) is 2.54. The van der Waals surface area contributed by atoms with Crippen molar-refractivity contribution >= 4 is 40.9 Å². The summed E-state index contributed by atoms with van der Waals surface area (Å²) in [5.74, 6) is -0.904. The number of carbonyl (C=O) groups is 2. The van der Waals surface area contributed by atoms with E-state index in [2.05, 4.69) is 5.32 Å². The topological polar surface area (TPSA) is 49.4 Å². The highest BCUT2D eigenvalue weighted by Crippen LogP contribution is 2.22. The summed E-state index contributed by atoms with van der Waals surface area (Å²) in [6, 6.07) is 16.6. The zero-order chi connectivity index (χ0) is 16.4. The van der Waals surface area contributed by atoms with Crippen molar-refractivity contribution in [3.05, 3.63) is 71.3 Å². The molecule has 0 bridgehead atoms. The first-order valence-electron chi connectivity index (χ1n) is 7.09. The molecule has 0 aromatic heterocycles. The van der Waals surface area contributed by atoms with Crippen LogP contribution in [0.3, 0.4) is 0 Å². The molecule has 23 heavy (non-hydrogen) atoms. The summed E-state index contributed by atoms with van der Waals surface area (Å²) >= 11 is 5.16. The highest BCUT2D eigenvalue weighted by Gasteiger charge is 2.34. The van der Waals surface area contributed by atoms with Gasteiger partial charge in [0.2, 0.25) is 0 Å². The number of benzene rings is 2. The van der Waals surface area contributed by atoms with Crippen LogP contribution in [0.15, 0.2) is 60.2 Å². The fourth-order valence-electron chi connectivity index (χ4n) is 2.30. The Hall–Kier alpha value is -2.79. The van der Waals surface area contributed by atoms with Crippen LogP contribution >= 0.6 is 12.2 Å². The predicted octanol–water partition coefficient (Wildman–Crippen LogP) is 2.83. The maximum absolute atomic E-state index is 12.7. The number of nitrogens with zero attached hydrogens (tertiary/aromatic N) is 1. The third-order valence-electron chi connectivity index (χ3n) is 3.50. The summed E-state index contributed by atoms with van der Waals surface area (Å²) < 4.78 is 0. The third kappa shape index (κ3) is 3.05. The monoisotopic (exact) mass is 322 g/mol. The molecular weight excluding hydrogens is 308 g/mol. The minimum absolute atomic E-state index is 0.0605. The van der Waals surface area contributed by atoms with Gasteiger partial charge < -0.3 is 0 Å². The molecule has 1 saturated heterocycles. The molecule has 1 heterocycles. The fraction of sp³-hybridized carbons (Fsp3) is 0.0556. The van der Waals surface area contributed by atoms with Crippen LogP contribution in [0.1, 0.15) is 11.1 Å². The van der Waals surface area contributed by atoms with Gasteiger partial charge in [0.25, 0.3) is 11.8 Å². The molecule has 0 spiro atoms. The summed E-state index contributed by atoms with van der Waals surface area (Å²) in [5.41, 5.74) is 2.55. The third-order valence-corrected chi connectivity index (χ3v) is 3.79. The molecule has 114 valence electrons. The Kier molecular flexibility index (Phi) is 4.04. The summed E-state index contributed by atoms with van der Waals surface area (Å²) in [5, 5.41) is 2.66. The van der Waals surface area contributed by atoms with E-state index in [9.17, 15) is 9.59 Å². The number of nitrogens with one attached hydrogen (secondary N) is 1. The van der Waals surface area contributed by atoms with Crippen molar-refractivity contribution in [2.24, 2.45) is 0 Å². The van der Waals surface area contributed by atoms with Gasteiger partial charge in [0.05, 0.1) is 5.69 Å². The van der Waals surface area contributed by atoms with E-state index in [0.717, 1.165) is 11.1 Å². The van der Waals surface area contributed by atoms with Gasteiger partial charge in [-0.25, -0.2) is 0 Å². The maximum Gasteiger partial charge on any atom is 0.270 e. The van der Waals surface area contributed by atoms with Gasteiger partial charge in [-0.1, -0.05) is 48.0 Å². The summed E-state index contributed by atoms with van der Waals surface area (Å²) in [6.07, 6.45) is 1.57. The van der Waals surface area contributed by atoms with Crippen LogP contribution in [-0.4, -0.2) is 16.9 Å². The lowest BCUT2D eigenvalue weighted by molar-refractivity contribution is -0.122. The Morgan fingerprint density at radius 3 is 2.30 bits per heavy atom. The minimum Gasteiger partial charge on any atom is -0.298 e. The van der Waals surface area contributed by atoms with Crippen LogP contribution in [0.5, 0.6) is 0 Å². The standard InChI is InChI=1S/C18H14N2O2S/c1-12-7-9-14(10-8-12)20-17(22)15(16(21)19-18(20)23)11-13-5-3-2-4-6-13/h2-11H,1H3,(H,19,21,23)/b15-11+. The largest absolute Gasteiger partial charge is 0.298 e. The minimum atomic E-state index is -0.479. The van der Waals surface area contributed by atoms with Gasteiger partial charge in [-0.05, 0) is 42.9 Å². The van der Waals surface area contributed by atoms with Crippen LogP contribution in [-0.2, 0) is 9.59 Å². The van der Waals surface area contributed by atoms with Gasteiger partial charge in [0, 0.05) is 0 Å². The molecule has 4 nitrogen and oxygen atoms in total. The van der Waals surface area contributed by atoms with Gasteiger partial charge in [0.15, 0.2) is 5.11 Å². The molecular formula is C18H14N2O2S. The molecule has 2 amide bonds. The lowest BCUT2D eigenvalue weighted by Gasteiger charge is -2.29. The molecule has 1 aliphatic heterocycles. The highest BCUT2D eigenvalue weighted by atomic mass is 32.1. The Morgan fingerprint density at radius 1 is 1.00 bits per heavy atom. The predicted molar refractivity (Wildman–Crippen MR) is 93.8 cm³/mol. The molecule has 0 unspecified atom stereocenters. The van der Waals surface area contributed by atoms with Crippen molar-refractivity contribution in [2.45, 2.75) is 6.92 Å². The van der Waals surface area contributed by atoms with Crippen LogP contribution in [0.25, 0.3) is 6.08 Å². The second-order valence-corrected chi connectivity index (χ2v) is 5.59. The second kappa shape index (κ2) is 6.14. The summed E-state index contributed by atoms with van der Waals surface area (Å²) in [7, 11) is 0. The molecule has 0 aliphatic carbocycles. The van der Waals surface area contributed by atoms with Gasteiger partial charge in [-0.3, -0.25) is 19.8 Å². The smallest absolute Gasteiger partial charge is 0.270 e. The molecule has 5 heteroatoms. The normalized spacial score (nSPS) is 16.7. The number of hydrogen-bond acceptors (Lipinski definition) is 3. The van der Waals surface area contributed by atoms with E-state index < -0.39 is 11.8 Å². The SMILES string of the molecule is Cc1ccc(N2C(=O)/C(=C/c3ccccc3)C(=O)NC2=S)cc1. The molecule has 1 aliphatic rings. The molecule has 3 rings (SSSR count). The first-order valence-corrected chi connectivity index (χ1v) is 7.50. The number of hydrogen-bond donors (Lipinski definition) is 1. The molecule has 0 radical (unpaired) electrons. The lowest BCUT2D eigenvalue weighted by Crippen LogP contribution is -2.54. The van der Waals surface area contributed by atoms with Gasteiger partial charge in [-0.2, -0.15) is 0 Å². The molecule has 0 atom stereocenters. The molecule has 1 N–H and O–H groups in total. The Labute approximate surface area is 139 Å². The Morgan fingerprint density at radius 2 is 1.65 bits per heavy atom. The van der Waals surface area contributed by atoms with Crippen molar-refractivity contribution in [1.29, 1.82) is 0 Å². The van der Waals surface area contributed by atoms with Crippen LogP contribution < -0.4 is 10.2 Å². The van der Waals surface area contributed by atoms with E-state index in [0.29, 0.717) is 5.69 Å². The molecule has 2 aromatic carbocycles. The number of aryl methyl sites for hydroxylation is 1. The number of thiocarbonyl (C=S) groups is 1. The zero-order valence-electron chi connectivity index (χ0n) is 12.4. The van der Waals surface area contributed by atoms with E-state index in [4.69, 9.17) is 12.2 Å². The zero-order valence-corrected chi connectivity index (χ0v) is 13.3. The van der Waals surface area contributed by atoms with Gasteiger partial charge >= 0.3 is 0 Å². The van der Waals surface area contributed by atoms with Gasteiger partial charge in [0.1, 0.15) is 5.57 Å². The van der Waals surface area contributed by atoms with E-state index in [1.54, 1.807) is 18.2 Å². The fourth-order valence-corrected chi connectivity index (χ4v) is 2.58. The first-order chi connectivity index (χ1) is 11.1. The molecule has 2 aromatic rings. The average molecular weight is 322 g/mol. The summed E-state index contributed by atoms with van der Waals surface area (Å²) in [6.45, 7) is 1.96. The second-order valence-electron chi connectivity index (χ2n) is 5.20. The maximum atomic E-state index is 12.7. The lowest BCUT2D eigenvalue weighted by atomic mass is 10.1. The molecule has 1 fully saturated rings. The van der Waals surface area contributed by atoms with E-state index in [1.807, 2.05) is 49.4 Å². The van der Waals surface area contributed by atoms with E-state index in [1.165, 1.54) is 4.90 Å².